The Morgan fingerprint density at radius 2 is 1.68 bits per heavy atom. The molecule has 140 valence electrons. The number of benzene rings is 3. The van der Waals surface area contributed by atoms with Crippen LogP contribution in [0.15, 0.2) is 84.9 Å². The third kappa shape index (κ3) is 3.08. The molecule has 0 radical (unpaired) electrons. The summed E-state index contributed by atoms with van der Waals surface area (Å²) in [5.41, 5.74) is 4.72. The number of fused-ring (bicyclic) bond motifs is 3. The molecule has 0 bridgehead atoms. The fourth-order valence-corrected chi connectivity index (χ4v) is 4.73. The highest BCUT2D eigenvalue weighted by Gasteiger charge is 2.39. The van der Waals surface area contributed by atoms with E-state index in [9.17, 15) is 0 Å². The zero-order valence-electron chi connectivity index (χ0n) is 15.5. The monoisotopic (exact) mass is 387 g/mol. The molecular weight excluding hydrogens is 366 g/mol. The van der Waals surface area contributed by atoms with Gasteiger partial charge in [-0.3, -0.25) is 0 Å². The van der Waals surface area contributed by atoms with E-state index in [1.165, 1.54) is 16.7 Å². The Morgan fingerprint density at radius 1 is 0.893 bits per heavy atom. The number of hydrogen-bond acceptors (Lipinski definition) is 2. The second kappa shape index (κ2) is 7.37. The fourth-order valence-electron chi connectivity index (χ4n) is 4.50. The van der Waals surface area contributed by atoms with Crippen LogP contribution in [0.25, 0.3) is 0 Å². The van der Waals surface area contributed by atoms with Gasteiger partial charge in [0, 0.05) is 11.5 Å². The Balaban J connectivity index is 1.49. The van der Waals surface area contributed by atoms with E-state index in [-0.39, 0.29) is 6.04 Å². The Bertz CT molecular complexity index is 1010. The Morgan fingerprint density at radius 3 is 2.57 bits per heavy atom. The van der Waals surface area contributed by atoms with Crippen molar-refractivity contribution in [2.45, 2.75) is 25.0 Å². The lowest BCUT2D eigenvalue weighted by atomic mass is 9.77. The number of halogens is 1. The average molecular weight is 388 g/mol. The first-order valence-corrected chi connectivity index (χ1v) is 10.2. The van der Waals surface area contributed by atoms with Crippen LogP contribution in [-0.2, 0) is 6.61 Å². The summed E-state index contributed by atoms with van der Waals surface area (Å²) in [6.45, 7) is 0.564. The quantitative estimate of drug-likeness (QED) is 0.500. The molecule has 0 amide bonds. The molecule has 0 spiro atoms. The normalized spacial score (nSPS) is 22.2. The lowest BCUT2D eigenvalue weighted by molar-refractivity contribution is 0.296. The first kappa shape index (κ1) is 17.4. The van der Waals surface area contributed by atoms with E-state index in [4.69, 9.17) is 16.3 Å². The summed E-state index contributed by atoms with van der Waals surface area (Å²) in [5.74, 6) is 1.79. The minimum atomic E-state index is 0.166. The van der Waals surface area contributed by atoms with Gasteiger partial charge in [0.25, 0.3) is 0 Å². The van der Waals surface area contributed by atoms with Crippen molar-refractivity contribution in [3.05, 3.63) is 107 Å². The van der Waals surface area contributed by atoms with Gasteiger partial charge in [-0.1, -0.05) is 84.4 Å². The summed E-state index contributed by atoms with van der Waals surface area (Å²) >= 11 is 6.55. The number of anilines is 1. The lowest BCUT2D eigenvalue weighted by Gasteiger charge is -2.38. The van der Waals surface area contributed by atoms with Crippen molar-refractivity contribution in [3.8, 4) is 5.75 Å². The molecule has 1 aliphatic carbocycles. The van der Waals surface area contributed by atoms with Gasteiger partial charge in [-0.05, 0) is 35.6 Å². The molecule has 0 saturated heterocycles. The van der Waals surface area contributed by atoms with Gasteiger partial charge in [0.15, 0.2) is 0 Å². The van der Waals surface area contributed by atoms with E-state index in [2.05, 4.69) is 53.9 Å². The first-order chi connectivity index (χ1) is 13.8. The number of rotatable bonds is 4. The molecule has 3 aromatic carbocycles. The first-order valence-electron chi connectivity index (χ1n) is 9.78. The molecule has 0 saturated carbocycles. The van der Waals surface area contributed by atoms with Gasteiger partial charge in [0.2, 0.25) is 0 Å². The van der Waals surface area contributed by atoms with Crippen molar-refractivity contribution in [3.63, 3.8) is 0 Å². The molecule has 1 aliphatic heterocycles. The molecule has 1 N–H and O–H groups in total. The van der Waals surface area contributed by atoms with Gasteiger partial charge >= 0.3 is 0 Å². The molecule has 2 aliphatic rings. The highest BCUT2D eigenvalue weighted by Crippen LogP contribution is 2.52. The summed E-state index contributed by atoms with van der Waals surface area (Å²) in [6.07, 6.45) is 5.69. The van der Waals surface area contributed by atoms with Crippen LogP contribution in [0.2, 0.25) is 5.02 Å². The Labute approximate surface area is 170 Å². The number of para-hydroxylation sites is 2. The predicted molar refractivity (Wildman–Crippen MR) is 115 cm³/mol. The van der Waals surface area contributed by atoms with Crippen LogP contribution in [0.3, 0.4) is 0 Å². The van der Waals surface area contributed by atoms with E-state index in [1.54, 1.807) is 0 Å². The van der Waals surface area contributed by atoms with Gasteiger partial charge < -0.3 is 10.1 Å². The molecule has 2 nitrogen and oxygen atoms in total. The van der Waals surface area contributed by atoms with E-state index in [0.717, 1.165) is 22.9 Å². The standard InChI is InChI=1S/C25H22ClNO/c26-22-14-7-13-20-18-11-6-12-19(18)24(27-25(20)22)21-10-4-5-15-23(21)28-16-17-8-2-1-3-9-17/h1-11,13-15,18-19,24,27H,12,16H2. The van der Waals surface area contributed by atoms with Crippen LogP contribution in [0.5, 0.6) is 5.75 Å². The second-order valence-electron chi connectivity index (χ2n) is 7.49. The van der Waals surface area contributed by atoms with Crippen LogP contribution >= 0.6 is 11.6 Å². The van der Waals surface area contributed by atoms with Crippen LogP contribution in [0, 0.1) is 5.92 Å². The number of allylic oxidation sites excluding steroid dienone is 2. The smallest absolute Gasteiger partial charge is 0.125 e. The summed E-state index contributed by atoms with van der Waals surface area (Å²) in [6, 6.07) is 25.0. The zero-order valence-corrected chi connectivity index (χ0v) is 16.3. The van der Waals surface area contributed by atoms with E-state index in [0.29, 0.717) is 18.4 Å². The maximum Gasteiger partial charge on any atom is 0.125 e. The van der Waals surface area contributed by atoms with E-state index in [1.807, 2.05) is 36.4 Å². The third-order valence-corrected chi connectivity index (χ3v) is 6.15. The summed E-state index contributed by atoms with van der Waals surface area (Å²) in [7, 11) is 0. The Kier molecular flexibility index (Phi) is 4.58. The van der Waals surface area contributed by atoms with Crippen LogP contribution in [-0.4, -0.2) is 0 Å². The molecule has 5 rings (SSSR count). The zero-order chi connectivity index (χ0) is 18.9. The molecule has 0 fully saturated rings. The van der Waals surface area contributed by atoms with Gasteiger partial charge in [0.1, 0.15) is 12.4 Å². The van der Waals surface area contributed by atoms with Crippen molar-refractivity contribution >= 4 is 17.3 Å². The molecule has 0 aromatic heterocycles. The van der Waals surface area contributed by atoms with Crippen molar-refractivity contribution in [1.82, 2.24) is 0 Å². The van der Waals surface area contributed by atoms with E-state index < -0.39 is 0 Å². The predicted octanol–water partition coefficient (Wildman–Crippen LogP) is 6.75. The number of hydrogen-bond donors (Lipinski definition) is 1. The molecule has 3 atom stereocenters. The highest BCUT2D eigenvalue weighted by molar-refractivity contribution is 6.33. The largest absolute Gasteiger partial charge is 0.489 e. The minimum Gasteiger partial charge on any atom is -0.489 e. The van der Waals surface area contributed by atoms with E-state index >= 15 is 0 Å². The molecular formula is C25H22ClNO. The van der Waals surface area contributed by atoms with Crippen molar-refractivity contribution < 1.29 is 4.74 Å². The summed E-state index contributed by atoms with van der Waals surface area (Å²) < 4.78 is 6.25. The van der Waals surface area contributed by atoms with Gasteiger partial charge in [-0.25, -0.2) is 0 Å². The maximum atomic E-state index is 6.55. The van der Waals surface area contributed by atoms with Gasteiger partial charge in [0.05, 0.1) is 16.8 Å². The van der Waals surface area contributed by atoms with Crippen LogP contribution < -0.4 is 10.1 Å². The Hall–Kier alpha value is -2.71. The molecule has 3 aromatic rings. The molecule has 3 heteroatoms. The highest BCUT2D eigenvalue weighted by atomic mass is 35.5. The van der Waals surface area contributed by atoms with Crippen molar-refractivity contribution in [2.75, 3.05) is 5.32 Å². The van der Waals surface area contributed by atoms with Crippen molar-refractivity contribution in [1.29, 1.82) is 0 Å². The third-order valence-electron chi connectivity index (χ3n) is 5.84. The second-order valence-corrected chi connectivity index (χ2v) is 7.90. The summed E-state index contributed by atoms with van der Waals surface area (Å²) in [4.78, 5) is 0. The van der Waals surface area contributed by atoms with Crippen LogP contribution in [0.1, 0.15) is 35.1 Å². The average Bonchev–Trinajstić information content (AvgIpc) is 3.23. The topological polar surface area (TPSA) is 21.3 Å². The van der Waals surface area contributed by atoms with Gasteiger partial charge in [-0.2, -0.15) is 0 Å². The molecule has 28 heavy (non-hydrogen) atoms. The maximum absolute atomic E-state index is 6.55. The number of ether oxygens (including phenoxy) is 1. The lowest BCUT2D eigenvalue weighted by Crippen LogP contribution is -2.29. The molecule has 1 heterocycles. The number of nitrogens with one attached hydrogen (secondary N) is 1. The van der Waals surface area contributed by atoms with Crippen LogP contribution in [0.4, 0.5) is 5.69 Å². The molecule has 3 unspecified atom stereocenters. The summed E-state index contributed by atoms with van der Waals surface area (Å²) in [5, 5.41) is 4.52. The fraction of sp³-hybridized carbons (Fsp3) is 0.200. The SMILES string of the molecule is Clc1cccc2c1NC(c1ccccc1OCc1ccccc1)C1CC=CC21. The van der Waals surface area contributed by atoms with Crippen molar-refractivity contribution in [2.24, 2.45) is 5.92 Å². The minimum absolute atomic E-state index is 0.166. The van der Waals surface area contributed by atoms with Gasteiger partial charge in [-0.15, -0.1) is 0 Å².